The van der Waals surface area contributed by atoms with E-state index in [9.17, 15) is 9.59 Å². The predicted molar refractivity (Wildman–Crippen MR) is 107 cm³/mol. The highest BCUT2D eigenvalue weighted by Gasteiger charge is 2.21. The van der Waals surface area contributed by atoms with Crippen LogP contribution in [0.5, 0.6) is 0 Å². The van der Waals surface area contributed by atoms with Crippen LogP contribution in [-0.4, -0.2) is 28.8 Å². The van der Waals surface area contributed by atoms with Crippen LogP contribution in [0.4, 0.5) is 5.69 Å². The molecule has 3 rings (SSSR count). The van der Waals surface area contributed by atoms with Gasteiger partial charge in [-0.1, -0.05) is 60.7 Å². The zero-order valence-corrected chi connectivity index (χ0v) is 16.0. The number of aromatic nitrogens is 2. The summed E-state index contributed by atoms with van der Waals surface area (Å²) in [6.07, 6.45) is 2.60. The first-order valence-corrected chi connectivity index (χ1v) is 9.14. The van der Waals surface area contributed by atoms with E-state index in [0.717, 1.165) is 11.1 Å². The smallest absolute Gasteiger partial charge is 0.360 e. The molecule has 0 spiro atoms. The Bertz CT molecular complexity index is 936. The van der Waals surface area contributed by atoms with Crippen LogP contribution in [-0.2, 0) is 16.0 Å². The molecule has 1 heterocycles. The van der Waals surface area contributed by atoms with E-state index >= 15 is 0 Å². The van der Waals surface area contributed by atoms with Crippen LogP contribution in [0, 0.1) is 0 Å². The van der Waals surface area contributed by atoms with Crippen LogP contribution in [0.25, 0.3) is 0 Å². The topological polar surface area (TPSA) is 73.2 Å². The number of ether oxygens (including phenoxy) is 1. The van der Waals surface area contributed by atoms with E-state index in [2.05, 4.69) is 10.4 Å². The molecule has 0 bridgehead atoms. The number of carbonyl (C=O) groups excluding carboxylic acids is 2. The molecule has 0 aliphatic rings. The number of aryl methyl sites for hydroxylation is 1. The van der Waals surface area contributed by atoms with Gasteiger partial charge in [-0.25, -0.2) is 4.79 Å². The fraction of sp³-hybridized carbons (Fsp3) is 0.227. The number of methoxy groups -OCH3 is 1. The monoisotopic (exact) mass is 377 g/mol. The molecule has 0 saturated carbocycles. The Morgan fingerprint density at radius 2 is 1.71 bits per heavy atom. The number of hydrogen-bond donors (Lipinski definition) is 1. The third-order valence-electron chi connectivity index (χ3n) is 4.55. The van der Waals surface area contributed by atoms with E-state index in [1.54, 1.807) is 10.9 Å². The van der Waals surface area contributed by atoms with Crippen molar-refractivity contribution in [2.45, 2.75) is 25.8 Å². The first-order valence-electron chi connectivity index (χ1n) is 9.14. The lowest BCUT2D eigenvalue weighted by Gasteiger charge is -2.12. The van der Waals surface area contributed by atoms with E-state index in [-0.39, 0.29) is 17.6 Å². The van der Waals surface area contributed by atoms with Gasteiger partial charge in [0.25, 0.3) is 0 Å². The van der Waals surface area contributed by atoms with E-state index in [1.165, 1.54) is 7.11 Å². The zero-order valence-electron chi connectivity index (χ0n) is 16.0. The van der Waals surface area contributed by atoms with Crippen molar-refractivity contribution < 1.29 is 14.3 Å². The third-order valence-corrected chi connectivity index (χ3v) is 4.55. The number of rotatable bonds is 7. The minimum absolute atomic E-state index is 0.0957. The summed E-state index contributed by atoms with van der Waals surface area (Å²) in [6, 6.07) is 19.5. The van der Waals surface area contributed by atoms with Crippen LogP contribution in [0.2, 0.25) is 0 Å². The van der Waals surface area contributed by atoms with E-state index in [4.69, 9.17) is 4.74 Å². The highest BCUT2D eigenvalue weighted by molar-refractivity contribution is 5.99. The highest BCUT2D eigenvalue weighted by Crippen LogP contribution is 2.22. The first-order chi connectivity index (χ1) is 13.6. The fourth-order valence-corrected chi connectivity index (χ4v) is 2.93. The molecule has 1 unspecified atom stereocenters. The average Bonchev–Trinajstić information content (AvgIpc) is 3.16. The molecule has 28 heavy (non-hydrogen) atoms. The maximum Gasteiger partial charge on any atom is 0.360 e. The third kappa shape index (κ3) is 4.65. The van der Waals surface area contributed by atoms with Crippen molar-refractivity contribution >= 4 is 17.6 Å². The summed E-state index contributed by atoms with van der Waals surface area (Å²) in [7, 11) is 1.29. The van der Waals surface area contributed by atoms with Crippen LogP contribution in [0.15, 0.2) is 66.9 Å². The van der Waals surface area contributed by atoms with Gasteiger partial charge in [-0.15, -0.1) is 0 Å². The molecule has 0 aliphatic heterocycles. The molecular weight excluding hydrogens is 354 g/mol. The lowest BCUT2D eigenvalue weighted by Crippen LogP contribution is -2.15. The summed E-state index contributed by atoms with van der Waals surface area (Å²) in [6.45, 7) is 1.98. The quantitative estimate of drug-likeness (QED) is 0.635. The Balaban J connectivity index is 1.76. The van der Waals surface area contributed by atoms with Crippen molar-refractivity contribution in [3.05, 3.63) is 83.7 Å². The molecule has 0 saturated heterocycles. The van der Waals surface area contributed by atoms with E-state index < -0.39 is 5.97 Å². The van der Waals surface area contributed by atoms with E-state index in [0.29, 0.717) is 18.5 Å². The van der Waals surface area contributed by atoms with Crippen LogP contribution < -0.4 is 5.32 Å². The van der Waals surface area contributed by atoms with Gasteiger partial charge < -0.3 is 10.1 Å². The number of nitrogens with one attached hydrogen (secondary N) is 1. The fourth-order valence-electron chi connectivity index (χ4n) is 2.93. The number of hydrogen-bond acceptors (Lipinski definition) is 4. The van der Waals surface area contributed by atoms with Crippen molar-refractivity contribution in [2.24, 2.45) is 0 Å². The number of carbonyl (C=O) groups is 2. The summed E-state index contributed by atoms with van der Waals surface area (Å²) in [5, 5.41) is 7.16. The lowest BCUT2D eigenvalue weighted by atomic mass is 10.1. The molecule has 1 atom stereocenters. The Morgan fingerprint density at radius 1 is 1.07 bits per heavy atom. The van der Waals surface area contributed by atoms with Crippen molar-refractivity contribution in [1.82, 2.24) is 9.78 Å². The van der Waals surface area contributed by atoms with Gasteiger partial charge in [0, 0.05) is 6.42 Å². The SMILES string of the molecule is COC(=O)c1nn(C(C)c2ccccc2)cc1NC(=O)CCc1ccccc1. The number of nitrogens with zero attached hydrogens (tertiary/aromatic N) is 2. The zero-order chi connectivity index (χ0) is 19.9. The van der Waals surface area contributed by atoms with Crippen molar-refractivity contribution in [3.8, 4) is 0 Å². The number of anilines is 1. The van der Waals surface area contributed by atoms with Crippen molar-refractivity contribution in [3.63, 3.8) is 0 Å². The summed E-state index contributed by atoms with van der Waals surface area (Å²) >= 11 is 0. The van der Waals surface area contributed by atoms with Crippen LogP contribution in [0.3, 0.4) is 0 Å². The lowest BCUT2D eigenvalue weighted by molar-refractivity contribution is -0.116. The van der Waals surface area contributed by atoms with Gasteiger partial charge in [-0.3, -0.25) is 9.48 Å². The maximum atomic E-state index is 12.4. The Morgan fingerprint density at radius 3 is 2.36 bits per heavy atom. The first kappa shape index (κ1) is 19.4. The second kappa shape index (κ2) is 8.99. The molecule has 1 N–H and O–H groups in total. The highest BCUT2D eigenvalue weighted by atomic mass is 16.5. The van der Waals surface area contributed by atoms with Gasteiger partial charge in [0.05, 0.1) is 25.0 Å². The predicted octanol–water partition coefficient (Wildman–Crippen LogP) is 3.85. The van der Waals surface area contributed by atoms with Gasteiger partial charge in [0.2, 0.25) is 5.91 Å². The van der Waals surface area contributed by atoms with E-state index in [1.807, 2.05) is 67.6 Å². The molecule has 1 aromatic heterocycles. The molecule has 144 valence electrons. The minimum Gasteiger partial charge on any atom is -0.464 e. The molecular formula is C22H23N3O3. The molecule has 0 aliphatic carbocycles. The van der Waals surface area contributed by atoms with Crippen molar-refractivity contribution in [1.29, 1.82) is 0 Å². The summed E-state index contributed by atoms with van der Waals surface area (Å²) in [4.78, 5) is 24.5. The second-order valence-corrected chi connectivity index (χ2v) is 6.48. The molecule has 0 radical (unpaired) electrons. The minimum atomic E-state index is -0.586. The Labute approximate surface area is 164 Å². The molecule has 1 amide bonds. The molecule has 6 nitrogen and oxygen atoms in total. The number of benzene rings is 2. The second-order valence-electron chi connectivity index (χ2n) is 6.48. The van der Waals surface area contributed by atoms with Gasteiger partial charge >= 0.3 is 5.97 Å². The van der Waals surface area contributed by atoms with Gasteiger partial charge in [-0.05, 0) is 24.5 Å². The number of amides is 1. The summed E-state index contributed by atoms with van der Waals surface area (Å²) in [5.41, 5.74) is 2.58. The standard InChI is InChI=1S/C22H23N3O3/c1-16(18-11-7-4-8-12-18)25-15-19(21(24-25)22(27)28-2)23-20(26)14-13-17-9-5-3-6-10-17/h3-12,15-16H,13-14H2,1-2H3,(H,23,26). The van der Waals surface area contributed by atoms with Gasteiger partial charge in [-0.2, -0.15) is 5.10 Å². The van der Waals surface area contributed by atoms with Gasteiger partial charge in [0.15, 0.2) is 5.69 Å². The molecule has 6 heteroatoms. The van der Waals surface area contributed by atoms with Crippen LogP contribution >= 0.6 is 0 Å². The Kier molecular flexibility index (Phi) is 6.22. The molecule has 0 fully saturated rings. The number of esters is 1. The molecule has 2 aromatic carbocycles. The average molecular weight is 377 g/mol. The van der Waals surface area contributed by atoms with Gasteiger partial charge in [0.1, 0.15) is 0 Å². The summed E-state index contributed by atoms with van der Waals surface area (Å²) in [5.74, 6) is -0.765. The van der Waals surface area contributed by atoms with Crippen molar-refractivity contribution in [2.75, 3.05) is 12.4 Å². The maximum absolute atomic E-state index is 12.4. The summed E-state index contributed by atoms with van der Waals surface area (Å²) < 4.78 is 6.48. The normalized spacial score (nSPS) is 11.6. The largest absolute Gasteiger partial charge is 0.464 e. The Hall–Kier alpha value is -3.41. The molecule has 3 aromatic rings. The van der Waals surface area contributed by atoms with Crippen LogP contribution in [0.1, 0.15) is 41.0 Å².